The molecule has 0 heterocycles. The van der Waals surface area contributed by atoms with Crippen molar-refractivity contribution in [1.82, 2.24) is 0 Å². The Hall–Kier alpha value is -1.07. The summed E-state index contributed by atoms with van der Waals surface area (Å²) in [5, 5.41) is 22.7. The van der Waals surface area contributed by atoms with Gasteiger partial charge in [-0.15, -0.1) is 0 Å². The topological polar surface area (TPSA) is 69.6 Å². The van der Waals surface area contributed by atoms with Crippen molar-refractivity contribution < 1.29 is 15.0 Å². The van der Waals surface area contributed by atoms with Crippen LogP contribution in [0.3, 0.4) is 0 Å². The van der Waals surface area contributed by atoms with Crippen molar-refractivity contribution >= 4 is 27.6 Å². The van der Waals surface area contributed by atoms with Crippen molar-refractivity contribution in [3.63, 3.8) is 0 Å². The Bertz CT molecular complexity index is 476. The minimum atomic E-state index is -0.803. The van der Waals surface area contributed by atoms with Crippen LogP contribution in [0, 0.1) is 12.8 Å². The van der Waals surface area contributed by atoms with E-state index >= 15 is 0 Å². The molecule has 0 unspecified atom stereocenters. The number of hydrogen-bond donors (Lipinski definition) is 3. The normalized spacial score (nSPS) is 26.2. The van der Waals surface area contributed by atoms with Crippen molar-refractivity contribution in [3.8, 4) is 0 Å². The highest BCUT2D eigenvalue weighted by atomic mass is 79.9. The van der Waals surface area contributed by atoms with Crippen LogP contribution >= 0.6 is 15.9 Å². The van der Waals surface area contributed by atoms with E-state index in [4.69, 9.17) is 5.11 Å². The Labute approximate surface area is 127 Å². The number of halogens is 1. The molecule has 0 aromatic heterocycles. The maximum Gasteiger partial charge on any atom is 0.306 e. The molecule has 0 aliphatic heterocycles. The van der Waals surface area contributed by atoms with Crippen LogP contribution in [0.5, 0.6) is 0 Å². The van der Waals surface area contributed by atoms with E-state index in [0.717, 1.165) is 15.7 Å². The maximum absolute atomic E-state index is 10.9. The molecule has 3 N–H and O–H groups in total. The summed E-state index contributed by atoms with van der Waals surface area (Å²) in [4.78, 5) is 10.9. The van der Waals surface area contributed by atoms with Gasteiger partial charge in [0.25, 0.3) is 0 Å². The molecule has 0 saturated heterocycles. The van der Waals surface area contributed by atoms with Gasteiger partial charge < -0.3 is 15.5 Å². The number of anilines is 1. The van der Waals surface area contributed by atoms with Crippen molar-refractivity contribution in [2.45, 2.75) is 38.2 Å². The number of aliphatic carboxylic acids is 1. The number of benzene rings is 1. The third-order valence-electron chi connectivity index (χ3n) is 3.93. The first kappa shape index (κ1) is 15.3. The number of carboxylic acid groups (broad SMARTS) is 1. The second-order valence-electron chi connectivity index (χ2n) is 5.71. The van der Waals surface area contributed by atoms with Gasteiger partial charge in [-0.1, -0.05) is 15.9 Å². The molecule has 0 radical (unpaired) electrons. The van der Waals surface area contributed by atoms with Crippen LogP contribution in [-0.2, 0) is 4.79 Å². The largest absolute Gasteiger partial charge is 0.481 e. The molecule has 0 spiro atoms. The lowest BCUT2D eigenvalue weighted by Gasteiger charge is -2.35. The monoisotopic (exact) mass is 341 g/mol. The third-order valence-corrected chi connectivity index (χ3v) is 4.39. The van der Waals surface area contributed by atoms with E-state index in [0.29, 0.717) is 32.2 Å². The highest BCUT2D eigenvalue weighted by molar-refractivity contribution is 9.10. The Kier molecular flexibility index (Phi) is 4.70. The molecular weight excluding hydrogens is 322 g/mol. The van der Waals surface area contributed by atoms with Crippen LogP contribution in [0.1, 0.15) is 31.2 Å². The second-order valence-corrected chi connectivity index (χ2v) is 6.62. The zero-order valence-corrected chi connectivity index (χ0v) is 13.1. The fourth-order valence-electron chi connectivity index (χ4n) is 2.68. The minimum Gasteiger partial charge on any atom is -0.481 e. The molecule has 20 heavy (non-hydrogen) atoms. The van der Waals surface area contributed by atoms with E-state index in [2.05, 4.69) is 21.2 Å². The van der Waals surface area contributed by atoms with Gasteiger partial charge in [-0.05, 0) is 56.4 Å². The van der Waals surface area contributed by atoms with E-state index < -0.39 is 11.6 Å². The van der Waals surface area contributed by atoms with Gasteiger partial charge in [0.1, 0.15) is 0 Å². The van der Waals surface area contributed by atoms with Gasteiger partial charge in [0, 0.05) is 16.7 Å². The Morgan fingerprint density at radius 1 is 1.40 bits per heavy atom. The highest BCUT2D eigenvalue weighted by Crippen LogP contribution is 2.32. The zero-order chi connectivity index (χ0) is 14.8. The number of aryl methyl sites for hydroxylation is 1. The first-order valence-electron chi connectivity index (χ1n) is 6.84. The van der Waals surface area contributed by atoms with Crippen LogP contribution in [-0.4, -0.2) is 28.3 Å². The number of aliphatic hydroxyl groups is 1. The first-order valence-corrected chi connectivity index (χ1v) is 7.63. The predicted octanol–water partition coefficient (Wildman–Crippen LogP) is 3.18. The van der Waals surface area contributed by atoms with Crippen LogP contribution in [0.4, 0.5) is 5.69 Å². The molecule has 1 saturated carbocycles. The lowest BCUT2D eigenvalue weighted by molar-refractivity contribution is -0.144. The van der Waals surface area contributed by atoms with Gasteiger partial charge >= 0.3 is 5.97 Å². The Morgan fingerprint density at radius 2 is 2.05 bits per heavy atom. The number of carboxylic acids is 1. The molecule has 1 aromatic carbocycles. The summed E-state index contributed by atoms with van der Waals surface area (Å²) in [6.07, 6.45) is 2.16. The summed E-state index contributed by atoms with van der Waals surface area (Å²) in [5.41, 5.74) is 1.30. The maximum atomic E-state index is 10.9. The van der Waals surface area contributed by atoms with Gasteiger partial charge in [-0.25, -0.2) is 0 Å². The summed E-state index contributed by atoms with van der Waals surface area (Å²) in [6.45, 7) is 2.47. The van der Waals surface area contributed by atoms with Crippen LogP contribution in [0.15, 0.2) is 22.7 Å². The molecule has 5 heteroatoms. The summed E-state index contributed by atoms with van der Waals surface area (Å²) in [7, 11) is 0. The molecule has 2 rings (SSSR count). The highest BCUT2D eigenvalue weighted by Gasteiger charge is 2.35. The van der Waals surface area contributed by atoms with Gasteiger partial charge in [0.15, 0.2) is 0 Å². The fourth-order valence-corrected chi connectivity index (χ4v) is 3.29. The zero-order valence-electron chi connectivity index (χ0n) is 11.5. The summed E-state index contributed by atoms with van der Waals surface area (Å²) < 4.78 is 1.00. The van der Waals surface area contributed by atoms with Gasteiger partial charge in [0.2, 0.25) is 0 Å². The van der Waals surface area contributed by atoms with Crippen molar-refractivity contribution in [2.24, 2.45) is 5.92 Å². The third kappa shape index (κ3) is 3.96. The second kappa shape index (κ2) is 6.14. The molecule has 0 bridgehead atoms. The van der Waals surface area contributed by atoms with E-state index in [1.165, 1.54) is 0 Å². The standard InChI is InChI=1S/C15H20BrNO3/c1-10-6-12(16)8-13(7-10)17-9-15(20)4-2-11(3-5-15)14(18)19/h6-8,11,17,20H,2-5,9H2,1H3,(H,18,19). The van der Waals surface area contributed by atoms with Gasteiger partial charge in [-0.3, -0.25) is 4.79 Å². The molecule has 1 aliphatic rings. The smallest absolute Gasteiger partial charge is 0.306 e. The number of nitrogens with one attached hydrogen (secondary N) is 1. The number of carbonyl (C=O) groups is 1. The number of hydrogen-bond acceptors (Lipinski definition) is 3. The van der Waals surface area contributed by atoms with Crippen LogP contribution < -0.4 is 5.32 Å². The fraction of sp³-hybridized carbons (Fsp3) is 0.533. The average Bonchev–Trinajstić information content (AvgIpc) is 2.36. The van der Waals surface area contributed by atoms with Gasteiger partial charge in [0.05, 0.1) is 11.5 Å². The Balaban J connectivity index is 1.92. The van der Waals surface area contributed by atoms with E-state index in [-0.39, 0.29) is 5.92 Å². The lowest BCUT2D eigenvalue weighted by atomic mass is 9.79. The molecule has 1 fully saturated rings. The predicted molar refractivity (Wildman–Crippen MR) is 81.9 cm³/mol. The van der Waals surface area contributed by atoms with Crippen LogP contribution in [0.25, 0.3) is 0 Å². The number of rotatable bonds is 4. The minimum absolute atomic E-state index is 0.302. The van der Waals surface area contributed by atoms with Crippen molar-refractivity contribution in [2.75, 3.05) is 11.9 Å². The molecule has 0 amide bonds. The lowest BCUT2D eigenvalue weighted by Crippen LogP contribution is -2.41. The van der Waals surface area contributed by atoms with Gasteiger partial charge in [-0.2, -0.15) is 0 Å². The molecule has 110 valence electrons. The molecular formula is C15H20BrNO3. The van der Waals surface area contributed by atoms with Crippen molar-refractivity contribution in [3.05, 3.63) is 28.2 Å². The van der Waals surface area contributed by atoms with Crippen LogP contribution in [0.2, 0.25) is 0 Å². The van der Waals surface area contributed by atoms with E-state index in [1.807, 2.05) is 25.1 Å². The Morgan fingerprint density at radius 3 is 2.60 bits per heavy atom. The SMILES string of the molecule is Cc1cc(Br)cc(NCC2(O)CCC(C(=O)O)CC2)c1. The molecule has 1 aliphatic carbocycles. The molecule has 0 atom stereocenters. The summed E-state index contributed by atoms with van der Waals surface area (Å²) in [5.74, 6) is -1.05. The summed E-state index contributed by atoms with van der Waals surface area (Å²) >= 11 is 3.45. The molecule has 1 aromatic rings. The molecule has 4 nitrogen and oxygen atoms in total. The first-order chi connectivity index (χ1) is 9.38. The summed E-state index contributed by atoms with van der Waals surface area (Å²) in [6, 6.07) is 6.02. The average molecular weight is 342 g/mol. The van der Waals surface area contributed by atoms with Crippen molar-refractivity contribution in [1.29, 1.82) is 0 Å². The van der Waals surface area contributed by atoms with E-state index in [9.17, 15) is 9.90 Å². The van der Waals surface area contributed by atoms with E-state index in [1.54, 1.807) is 0 Å². The quantitative estimate of drug-likeness (QED) is 0.786.